The van der Waals surface area contributed by atoms with E-state index >= 15 is 0 Å². The molecule has 0 amide bonds. The van der Waals surface area contributed by atoms with Crippen molar-refractivity contribution in [3.63, 3.8) is 0 Å². The molecule has 0 atom stereocenters. The van der Waals surface area contributed by atoms with Gasteiger partial charge in [-0.15, -0.1) is 11.3 Å². The smallest absolute Gasteiger partial charge is 0.341 e. The zero-order valence-corrected chi connectivity index (χ0v) is 17.0. The van der Waals surface area contributed by atoms with Crippen molar-refractivity contribution in [1.29, 1.82) is 0 Å². The first-order valence-corrected chi connectivity index (χ1v) is 9.50. The quantitative estimate of drug-likeness (QED) is 0.463. The molecule has 28 heavy (non-hydrogen) atoms. The highest BCUT2D eigenvalue weighted by Crippen LogP contribution is 2.37. The summed E-state index contributed by atoms with van der Waals surface area (Å²) in [6.45, 7) is 3.77. The Labute approximate surface area is 167 Å². The number of hydrogen-bond donors (Lipinski definition) is 1. The number of hydrogen-bond acceptors (Lipinski definition) is 6. The van der Waals surface area contributed by atoms with Gasteiger partial charge >= 0.3 is 5.97 Å². The Kier molecular flexibility index (Phi) is 5.80. The van der Waals surface area contributed by atoms with E-state index in [1.807, 2.05) is 31.2 Å². The minimum atomic E-state index is -0.475. The van der Waals surface area contributed by atoms with Gasteiger partial charge in [0.05, 0.1) is 24.7 Å². The molecular formula is C22H21NO4S. The summed E-state index contributed by atoms with van der Waals surface area (Å²) in [5.74, 6) is 0.0563. The molecule has 0 saturated heterocycles. The number of aryl methyl sites for hydroxylation is 1. The Balaban J connectivity index is 2.01. The standard InChI is InChI=1S/C22H21NO4S/c1-13-5-9-16(10-6-13)23-21-18(22(25)27-4)14(2)20(28-21)19(24)15-7-11-17(26-3)12-8-15/h5-12,23H,1-4H3. The van der Waals surface area contributed by atoms with Crippen LogP contribution in [0.2, 0.25) is 0 Å². The van der Waals surface area contributed by atoms with Gasteiger partial charge in [-0.05, 0) is 55.8 Å². The van der Waals surface area contributed by atoms with Gasteiger partial charge in [-0.2, -0.15) is 0 Å². The molecular weight excluding hydrogens is 374 g/mol. The van der Waals surface area contributed by atoms with E-state index in [0.717, 1.165) is 11.3 Å². The summed E-state index contributed by atoms with van der Waals surface area (Å²) in [4.78, 5) is 25.9. The van der Waals surface area contributed by atoms with Gasteiger partial charge in [-0.25, -0.2) is 4.79 Å². The molecule has 1 N–H and O–H groups in total. The lowest BCUT2D eigenvalue weighted by Crippen LogP contribution is -2.06. The van der Waals surface area contributed by atoms with Gasteiger partial charge in [0.15, 0.2) is 0 Å². The van der Waals surface area contributed by atoms with Crippen molar-refractivity contribution in [3.05, 3.63) is 75.7 Å². The van der Waals surface area contributed by atoms with Gasteiger partial charge in [0.1, 0.15) is 10.8 Å². The second kappa shape index (κ2) is 8.27. The molecule has 0 aliphatic carbocycles. The average Bonchev–Trinajstić information content (AvgIpc) is 3.04. The van der Waals surface area contributed by atoms with Crippen LogP contribution in [0.25, 0.3) is 0 Å². The molecule has 0 fully saturated rings. The highest BCUT2D eigenvalue weighted by molar-refractivity contribution is 7.18. The second-order valence-corrected chi connectivity index (χ2v) is 7.32. The van der Waals surface area contributed by atoms with Gasteiger partial charge < -0.3 is 14.8 Å². The molecule has 0 aliphatic rings. The summed E-state index contributed by atoms with van der Waals surface area (Å²) in [7, 11) is 2.91. The molecule has 5 nitrogen and oxygen atoms in total. The van der Waals surface area contributed by atoms with Gasteiger partial charge in [0.25, 0.3) is 0 Å². The van der Waals surface area contributed by atoms with Crippen LogP contribution in [0.4, 0.5) is 10.7 Å². The first-order valence-electron chi connectivity index (χ1n) is 8.68. The normalized spacial score (nSPS) is 10.4. The predicted octanol–water partition coefficient (Wildman–Crippen LogP) is 5.13. The minimum Gasteiger partial charge on any atom is -0.497 e. The fraction of sp³-hybridized carbons (Fsp3) is 0.182. The topological polar surface area (TPSA) is 64.6 Å². The summed E-state index contributed by atoms with van der Waals surface area (Å²) >= 11 is 1.25. The van der Waals surface area contributed by atoms with Crippen molar-refractivity contribution in [1.82, 2.24) is 0 Å². The van der Waals surface area contributed by atoms with E-state index in [4.69, 9.17) is 9.47 Å². The second-order valence-electron chi connectivity index (χ2n) is 6.30. The van der Waals surface area contributed by atoms with Crippen LogP contribution in [0.5, 0.6) is 5.75 Å². The monoisotopic (exact) mass is 395 g/mol. The summed E-state index contributed by atoms with van der Waals surface area (Å²) < 4.78 is 10.1. The fourth-order valence-electron chi connectivity index (χ4n) is 2.81. The maximum Gasteiger partial charge on any atom is 0.341 e. The highest BCUT2D eigenvalue weighted by Gasteiger charge is 2.26. The van der Waals surface area contributed by atoms with Crippen LogP contribution in [0.3, 0.4) is 0 Å². The summed E-state index contributed by atoms with van der Waals surface area (Å²) in [5.41, 5.74) is 3.48. The fourth-order valence-corrected chi connectivity index (χ4v) is 3.98. The van der Waals surface area contributed by atoms with Crippen LogP contribution in [-0.4, -0.2) is 26.0 Å². The van der Waals surface area contributed by atoms with Crippen LogP contribution < -0.4 is 10.1 Å². The summed E-state index contributed by atoms with van der Waals surface area (Å²) in [6, 6.07) is 14.7. The zero-order valence-electron chi connectivity index (χ0n) is 16.2. The van der Waals surface area contributed by atoms with E-state index in [1.54, 1.807) is 38.3 Å². The molecule has 3 rings (SSSR count). The van der Waals surface area contributed by atoms with E-state index in [0.29, 0.717) is 32.3 Å². The van der Waals surface area contributed by atoms with Crippen LogP contribution in [0, 0.1) is 13.8 Å². The lowest BCUT2D eigenvalue weighted by atomic mass is 10.0. The van der Waals surface area contributed by atoms with Crippen LogP contribution in [0.15, 0.2) is 48.5 Å². The molecule has 0 radical (unpaired) electrons. The molecule has 0 saturated carbocycles. The Bertz CT molecular complexity index is 1000. The van der Waals surface area contributed by atoms with E-state index in [1.165, 1.54) is 18.4 Å². The van der Waals surface area contributed by atoms with Crippen LogP contribution >= 0.6 is 11.3 Å². The van der Waals surface area contributed by atoms with E-state index in [9.17, 15) is 9.59 Å². The van der Waals surface area contributed by atoms with E-state index < -0.39 is 5.97 Å². The zero-order chi connectivity index (χ0) is 20.3. The molecule has 2 aromatic carbocycles. The third-order valence-corrected chi connectivity index (χ3v) is 5.61. The van der Waals surface area contributed by atoms with Gasteiger partial charge in [0.2, 0.25) is 5.78 Å². The first kappa shape index (κ1) is 19.6. The first-order chi connectivity index (χ1) is 13.4. The Morgan fingerprint density at radius 2 is 1.57 bits per heavy atom. The summed E-state index contributed by atoms with van der Waals surface area (Å²) in [6.07, 6.45) is 0. The third-order valence-electron chi connectivity index (χ3n) is 4.40. The number of ketones is 1. The Morgan fingerprint density at radius 3 is 2.14 bits per heavy atom. The number of carbonyl (C=O) groups is 2. The number of methoxy groups -OCH3 is 2. The number of benzene rings is 2. The van der Waals surface area contributed by atoms with Crippen molar-refractivity contribution in [2.75, 3.05) is 19.5 Å². The van der Waals surface area contributed by atoms with E-state index in [2.05, 4.69) is 5.32 Å². The van der Waals surface area contributed by atoms with Crippen molar-refractivity contribution in [2.45, 2.75) is 13.8 Å². The van der Waals surface area contributed by atoms with Crippen molar-refractivity contribution in [3.8, 4) is 5.75 Å². The molecule has 1 heterocycles. The maximum absolute atomic E-state index is 13.0. The van der Waals surface area contributed by atoms with Crippen molar-refractivity contribution >= 4 is 33.8 Å². The molecule has 0 aliphatic heterocycles. The highest BCUT2D eigenvalue weighted by atomic mass is 32.1. The lowest BCUT2D eigenvalue weighted by molar-refractivity contribution is 0.0601. The van der Waals surface area contributed by atoms with Crippen molar-refractivity contribution in [2.24, 2.45) is 0 Å². The molecule has 0 unspecified atom stereocenters. The number of carbonyl (C=O) groups excluding carboxylic acids is 2. The number of nitrogens with one attached hydrogen (secondary N) is 1. The van der Waals surface area contributed by atoms with Crippen molar-refractivity contribution < 1.29 is 19.1 Å². The number of rotatable bonds is 6. The van der Waals surface area contributed by atoms with Crippen LogP contribution in [-0.2, 0) is 4.74 Å². The Hall–Kier alpha value is -3.12. The van der Waals surface area contributed by atoms with E-state index in [-0.39, 0.29) is 5.78 Å². The maximum atomic E-state index is 13.0. The number of anilines is 2. The molecule has 0 bridgehead atoms. The number of thiophene rings is 1. The number of esters is 1. The Morgan fingerprint density at radius 1 is 0.929 bits per heavy atom. The summed E-state index contributed by atoms with van der Waals surface area (Å²) in [5, 5.41) is 3.83. The van der Waals surface area contributed by atoms with Gasteiger partial charge in [-0.3, -0.25) is 4.79 Å². The molecule has 1 aromatic heterocycles. The number of ether oxygens (including phenoxy) is 2. The van der Waals surface area contributed by atoms with Crippen LogP contribution in [0.1, 0.15) is 36.7 Å². The van der Waals surface area contributed by atoms with Gasteiger partial charge in [-0.1, -0.05) is 17.7 Å². The minimum absolute atomic E-state index is 0.146. The van der Waals surface area contributed by atoms with Gasteiger partial charge in [0, 0.05) is 11.3 Å². The third kappa shape index (κ3) is 3.92. The predicted molar refractivity (Wildman–Crippen MR) is 111 cm³/mol. The lowest BCUT2D eigenvalue weighted by Gasteiger charge is -2.07. The molecule has 0 spiro atoms. The molecule has 3 aromatic rings. The molecule has 6 heteroatoms. The SMILES string of the molecule is COC(=O)c1c(Nc2ccc(C)cc2)sc(C(=O)c2ccc(OC)cc2)c1C. The average molecular weight is 395 g/mol. The largest absolute Gasteiger partial charge is 0.497 e. The molecule has 144 valence electrons.